The smallest absolute Gasteiger partial charge is 0.330 e. The van der Waals surface area contributed by atoms with Gasteiger partial charge >= 0.3 is 5.97 Å². The number of nitrogens with one attached hydrogen (secondary N) is 1. The van der Waals surface area contributed by atoms with E-state index >= 15 is 0 Å². The Kier molecular flexibility index (Phi) is 9.33. The number of esters is 1. The molecule has 5 nitrogen and oxygen atoms in total. The number of hydrogen-bond acceptors (Lipinski definition) is 4. The molecule has 0 atom stereocenters. The minimum atomic E-state index is -0.569. The Hall–Kier alpha value is -2.79. The lowest BCUT2D eigenvalue weighted by Gasteiger charge is -2.24. The fourth-order valence-corrected chi connectivity index (χ4v) is 3.30. The van der Waals surface area contributed by atoms with E-state index in [0.717, 1.165) is 23.3 Å². The minimum Gasteiger partial charge on any atom is -0.493 e. The number of aryl methyl sites for hydroxylation is 2. The summed E-state index contributed by atoms with van der Waals surface area (Å²) < 4.78 is 10.8. The summed E-state index contributed by atoms with van der Waals surface area (Å²) in [6.45, 7) is 10.5. The van der Waals surface area contributed by atoms with Crippen LogP contribution in [0.15, 0.2) is 42.5 Å². The van der Waals surface area contributed by atoms with Crippen LogP contribution in [0.4, 0.5) is 5.69 Å². The number of hydrogen-bond donors (Lipinski definition) is 1. The molecule has 0 aliphatic heterocycles. The molecule has 0 fully saturated rings. The summed E-state index contributed by atoms with van der Waals surface area (Å²) >= 11 is 6.30. The molecule has 0 spiro atoms. The Balaban J connectivity index is 1.89. The van der Waals surface area contributed by atoms with Crippen LogP contribution in [0.5, 0.6) is 5.75 Å². The topological polar surface area (TPSA) is 64.6 Å². The van der Waals surface area contributed by atoms with Crippen molar-refractivity contribution in [2.45, 2.75) is 47.5 Å². The molecule has 0 aromatic heterocycles. The Morgan fingerprint density at radius 2 is 1.88 bits per heavy atom. The lowest BCUT2D eigenvalue weighted by Crippen LogP contribution is -2.31. The Labute approximate surface area is 195 Å². The number of rotatable bonds is 10. The van der Waals surface area contributed by atoms with Crippen molar-refractivity contribution in [3.63, 3.8) is 0 Å². The number of benzene rings is 2. The monoisotopic (exact) mass is 457 g/mol. The lowest BCUT2D eigenvalue weighted by atomic mass is 9.87. The van der Waals surface area contributed by atoms with Crippen LogP contribution in [0, 0.1) is 19.3 Å². The van der Waals surface area contributed by atoms with Gasteiger partial charge < -0.3 is 14.8 Å². The van der Waals surface area contributed by atoms with Gasteiger partial charge in [0.15, 0.2) is 0 Å². The maximum atomic E-state index is 12.8. The van der Waals surface area contributed by atoms with Crippen LogP contribution in [0.2, 0.25) is 5.02 Å². The lowest BCUT2D eigenvalue weighted by molar-refractivity contribution is -0.137. The van der Waals surface area contributed by atoms with Crippen LogP contribution in [-0.4, -0.2) is 25.1 Å². The van der Waals surface area contributed by atoms with Crippen LogP contribution < -0.4 is 10.1 Å². The summed E-state index contributed by atoms with van der Waals surface area (Å²) in [7, 11) is 0. The summed E-state index contributed by atoms with van der Waals surface area (Å²) in [5.74, 6) is 0.373. The second-order valence-corrected chi connectivity index (χ2v) is 8.79. The van der Waals surface area contributed by atoms with Crippen molar-refractivity contribution >= 4 is 35.2 Å². The van der Waals surface area contributed by atoms with E-state index in [1.807, 2.05) is 39.8 Å². The van der Waals surface area contributed by atoms with E-state index in [-0.39, 0.29) is 5.91 Å². The molecule has 0 saturated heterocycles. The average molecular weight is 458 g/mol. The first-order valence-electron chi connectivity index (χ1n) is 10.8. The summed E-state index contributed by atoms with van der Waals surface area (Å²) in [6.07, 6.45) is 4.35. The number of carbonyl (C=O) groups is 2. The third kappa shape index (κ3) is 7.72. The zero-order valence-electron chi connectivity index (χ0n) is 19.5. The van der Waals surface area contributed by atoms with E-state index in [9.17, 15) is 9.59 Å². The summed E-state index contributed by atoms with van der Waals surface area (Å²) in [4.78, 5) is 24.3. The minimum absolute atomic E-state index is 0.0879. The van der Waals surface area contributed by atoms with Crippen molar-refractivity contribution in [2.24, 2.45) is 5.41 Å². The molecule has 172 valence electrons. The van der Waals surface area contributed by atoms with Gasteiger partial charge in [-0.2, -0.15) is 0 Å². The van der Waals surface area contributed by atoms with Crippen molar-refractivity contribution in [1.29, 1.82) is 0 Å². The number of carbonyl (C=O) groups excluding carboxylic acids is 2. The summed E-state index contributed by atoms with van der Waals surface area (Å²) in [6, 6.07) is 11.3. The van der Waals surface area contributed by atoms with E-state index in [4.69, 9.17) is 21.1 Å². The van der Waals surface area contributed by atoms with Crippen LogP contribution in [0.3, 0.4) is 0 Å². The predicted octanol–water partition coefficient (Wildman–Crippen LogP) is 6.36. The van der Waals surface area contributed by atoms with Crippen LogP contribution in [0.25, 0.3) is 6.08 Å². The third-order valence-electron chi connectivity index (χ3n) is 5.11. The van der Waals surface area contributed by atoms with Crippen molar-refractivity contribution in [3.8, 4) is 5.75 Å². The standard InChI is InChI=1S/C26H32ClNO4/c1-6-31-24(29)13-11-20-10-12-21(17-22(20)27)28-25(30)26(4,5)14-7-15-32-23-16-18(2)8-9-19(23)3/h8-13,16-17H,6-7,14-15H2,1-5H3,(H,28,30). The molecule has 0 unspecified atom stereocenters. The van der Waals surface area contributed by atoms with Gasteiger partial charge in [0.25, 0.3) is 0 Å². The zero-order chi connectivity index (χ0) is 23.7. The van der Waals surface area contributed by atoms with Crippen molar-refractivity contribution in [3.05, 3.63) is 64.2 Å². The highest BCUT2D eigenvalue weighted by Crippen LogP contribution is 2.28. The molecule has 0 aliphatic carbocycles. The maximum absolute atomic E-state index is 12.8. The van der Waals surface area contributed by atoms with Crippen LogP contribution in [0.1, 0.15) is 50.3 Å². The highest BCUT2D eigenvalue weighted by molar-refractivity contribution is 6.32. The average Bonchev–Trinajstić information content (AvgIpc) is 2.73. The van der Waals surface area contributed by atoms with Gasteiger partial charge in [-0.1, -0.05) is 43.6 Å². The fraction of sp³-hybridized carbons (Fsp3) is 0.385. The Morgan fingerprint density at radius 1 is 1.12 bits per heavy atom. The molecule has 0 bridgehead atoms. The highest BCUT2D eigenvalue weighted by atomic mass is 35.5. The van der Waals surface area contributed by atoms with E-state index in [1.54, 1.807) is 31.2 Å². The van der Waals surface area contributed by atoms with E-state index < -0.39 is 11.4 Å². The molecule has 32 heavy (non-hydrogen) atoms. The first-order valence-corrected chi connectivity index (χ1v) is 11.2. The molecule has 0 heterocycles. The Bertz CT molecular complexity index is 982. The van der Waals surface area contributed by atoms with Gasteiger partial charge in [0, 0.05) is 22.2 Å². The van der Waals surface area contributed by atoms with Crippen molar-refractivity contribution < 1.29 is 19.1 Å². The highest BCUT2D eigenvalue weighted by Gasteiger charge is 2.27. The second-order valence-electron chi connectivity index (χ2n) is 8.38. The van der Waals surface area contributed by atoms with E-state index in [2.05, 4.69) is 11.4 Å². The summed E-state index contributed by atoms with van der Waals surface area (Å²) in [5.41, 5.74) is 2.96. The maximum Gasteiger partial charge on any atom is 0.330 e. The normalized spacial score (nSPS) is 11.4. The number of ether oxygens (including phenoxy) is 2. The first kappa shape index (κ1) is 25.5. The molecule has 1 amide bonds. The van der Waals surface area contributed by atoms with Gasteiger partial charge in [-0.15, -0.1) is 0 Å². The zero-order valence-corrected chi connectivity index (χ0v) is 20.2. The SMILES string of the molecule is CCOC(=O)C=Cc1ccc(NC(=O)C(C)(C)CCCOc2cc(C)ccc2C)cc1Cl. The molecule has 0 saturated carbocycles. The molecular weight excluding hydrogens is 426 g/mol. The quantitative estimate of drug-likeness (QED) is 0.256. The van der Waals surface area contributed by atoms with Gasteiger partial charge in [0.2, 0.25) is 5.91 Å². The van der Waals surface area contributed by atoms with Gasteiger partial charge in [-0.3, -0.25) is 4.79 Å². The van der Waals surface area contributed by atoms with Gasteiger partial charge in [0.1, 0.15) is 5.75 Å². The van der Waals surface area contributed by atoms with Crippen molar-refractivity contribution in [2.75, 3.05) is 18.5 Å². The van der Waals surface area contributed by atoms with E-state index in [1.165, 1.54) is 6.08 Å². The largest absolute Gasteiger partial charge is 0.493 e. The second kappa shape index (κ2) is 11.7. The molecule has 2 aromatic carbocycles. The third-order valence-corrected chi connectivity index (χ3v) is 5.43. The molecule has 1 N–H and O–H groups in total. The van der Waals surface area contributed by atoms with Crippen molar-refractivity contribution in [1.82, 2.24) is 0 Å². The fourth-order valence-electron chi connectivity index (χ4n) is 3.06. The van der Waals surface area contributed by atoms with Gasteiger partial charge in [-0.05, 0) is 74.6 Å². The molecular formula is C26H32ClNO4. The predicted molar refractivity (Wildman–Crippen MR) is 130 cm³/mol. The van der Waals surface area contributed by atoms with Crippen LogP contribution in [-0.2, 0) is 14.3 Å². The molecule has 2 aromatic rings. The summed E-state index contributed by atoms with van der Waals surface area (Å²) in [5, 5.41) is 3.36. The number of halogens is 1. The molecule has 0 aliphatic rings. The molecule has 0 radical (unpaired) electrons. The number of anilines is 1. The molecule has 6 heteroatoms. The Morgan fingerprint density at radius 3 is 2.56 bits per heavy atom. The number of amides is 1. The van der Waals surface area contributed by atoms with Crippen LogP contribution >= 0.6 is 11.6 Å². The van der Waals surface area contributed by atoms with E-state index in [0.29, 0.717) is 35.9 Å². The van der Waals surface area contributed by atoms with Gasteiger partial charge in [-0.25, -0.2) is 4.79 Å². The first-order chi connectivity index (χ1) is 15.1. The van der Waals surface area contributed by atoms with Gasteiger partial charge in [0.05, 0.1) is 13.2 Å². The molecule has 2 rings (SSSR count).